The summed E-state index contributed by atoms with van der Waals surface area (Å²) in [4.78, 5) is 27.9. The number of nitrogens with zero attached hydrogens (tertiary/aromatic N) is 1. The summed E-state index contributed by atoms with van der Waals surface area (Å²) >= 11 is 0. The average Bonchev–Trinajstić information content (AvgIpc) is 2.54. The first kappa shape index (κ1) is 16.5. The van der Waals surface area contributed by atoms with Gasteiger partial charge >= 0.3 is 11.9 Å². The molecule has 3 rings (SSSR count). The molecule has 0 atom stereocenters. The Balaban J connectivity index is 1.72. The summed E-state index contributed by atoms with van der Waals surface area (Å²) in [5.41, 5.74) is 0.404. The van der Waals surface area contributed by atoms with Gasteiger partial charge in [0.15, 0.2) is 5.57 Å². The number of carbonyl (C=O) groups is 2. The molecule has 1 aliphatic rings. The number of rotatable bonds is 4. The first-order valence-corrected chi connectivity index (χ1v) is 7.55. The molecule has 1 aromatic heterocycles. The number of hydrogen-bond donors (Lipinski definition) is 1. The molecule has 1 N–H and O–H groups in total. The molecule has 0 unspecified atom stereocenters. The van der Waals surface area contributed by atoms with Crippen LogP contribution in [0.2, 0.25) is 0 Å². The van der Waals surface area contributed by atoms with E-state index in [-0.39, 0.29) is 5.57 Å². The highest BCUT2D eigenvalue weighted by molar-refractivity contribution is 6.15. The Kier molecular flexibility index (Phi) is 4.38. The minimum Gasteiger partial charge on any atom is -0.439 e. The van der Waals surface area contributed by atoms with E-state index >= 15 is 0 Å². The number of hydrogen-bond acceptors (Lipinski definition) is 7. The summed E-state index contributed by atoms with van der Waals surface area (Å²) in [6, 6.07) is 12.3. The maximum Gasteiger partial charge on any atom is 0.350 e. The zero-order valence-electron chi connectivity index (χ0n) is 13.7. The molecule has 1 aromatic carbocycles. The molecule has 0 saturated carbocycles. The smallest absolute Gasteiger partial charge is 0.350 e. The molecule has 1 fully saturated rings. The van der Waals surface area contributed by atoms with Crippen LogP contribution in [0.15, 0.2) is 60.4 Å². The predicted molar refractivity (Wildman–Crippen MR) is 88.7 cm³/mol. The number of aromatic nitrogens is 1. The molecule has 7 heteroatoms. The summed E-state index contributed by atoms with van der Waals surface area (Å²) in [7, 11) is 0. The second-order valence-electron chi connectivity index (χ2n) is 5.68. The quantitative estimate of drug-likeness (QED) is 0.520. The van der Waals surface area contributed by atoms with Gasteiger partial charge in [0.2, 0.25) is 5.88 Å². The summed E-state index contributed by atoms with van der Waals surface area (Å²) in [6.45, 7) is 2.98. The van der Waals surface area contributed by atoms with E-state index in [1.165, 1.54) is 20.0 Å². The van der Waals surface area contributed by atoms with E-state index in [1.807, 2.05) is 6.07 Å². The molecule has 0 radical (unpaired) electrons. The third-order valence-electron chi connectivity index (χ3n) is 3.19. The van der Waals surface area contributed by atoms with Crippen LogP contribution in [-0.4, -0.2) is 22.7 Å². The summed E-state index contributed by atoms with van der Waals surface area (Å²) in [5.74, 6) is -1.73. The van der Waals surface area contributed by atoms with E-state index in [2.05, 4.69) is 10.3 Å². The Labute approximate surface area is 144 Å². The van der Waals surface area contributed by atoms with Crippen molar-refractivity contribution >= 4 is 17.6 Å². The number of cyclic esters (lactones) is 2. The van der Waals surface area contributed by atoms with Crippen molar-refractivity contribution in [1.29, 1.82) is 0 Å². The standard InChI is InChI=1S/C18H16N2O5/c1-18(2)24-16(21)14(17(22)25-18)11-20-12-6-5-7-13(10-12)23-15-8-3-4-9-19-15/h3-11,20H,1-2H3. The SMILES string of the molecule is CC1(C)OC(=O)C(=CNc2cccc(Oc3ccccn3)c2)C(=O)O1. The second-order valence-corrected chi connectivity index (χ2v) is 5.68. The first-order valence-electron chi connectivity index (χ1n) is 7.55. The van der Waals surface area contributed by atoms with Crippen molar-refractivity contribution in [3.05, 3.63) is 60.4 Å². The normalized spacial score (nSPS) is 15.8. The lowest BCUT2D eigenvalue weighted by Crippen LogP contribution is -2.42. The van der Waals surface area contributed by atoms with Crippen molar-refractivity contribution in [2.75, 3.05) is 5.32 Å². The first-order chi connectivity index (χ1) is 11.9. The highest BCUT2D eigenvalue weighted by atomic mass is 16.7. The summed E-state index contributed by atoms with van der Waals surface area (Å²) in [6.07, 6.45) is 2.88. The third-order valence-corrected chi connectivity index (χ3v) is 3.19. The van der Waals surface area contributed by atoms with Crippen molar-refractivity contribution in [3.63, 3.8) is 0 Å². The molecule has 0 aliphatic carbocycles. The van der Waals surface area contributed by atoms with Gasteiger partial charge in [0.25, 0.3) is 5.79 Å². The zero-order valence-corrected chi connectivity index (χ0v) is 13.7. The molecule has 0 amide bonds. The topological polar surface area (TPSA) is 86.8 Å². The monoisotopic (exact) mass is 340 g/mol. The van der Waals surface area contributed by atoms with Crippen molar-refractivity contribution in [1.82, 2.24) is 4.98 Å². The highest BCUT2D eigenvalue weighted by Crippen LogP contribution is 2.25. The minimum atomic E-state index is -1.26. The van der Waals surface area contributed by atoms with Crippen molar-refractivity contribution in [2.24, 2.45) is 0 Å². The molecule has 128 valence electrons. The maximum absolute atomic E-state index is 11.9. The van der Waals surface area contributed by atoms with Crippen LogP contribution < -0.4 is 10.1 Å². The number of benzene rings is 1. The van der Waals surface area contributed by atoms with Gasteiger partial charge < -0.3 is 19.5 Å². The third kappa shape index (κ3) is 4.14. The van der Waals surface area contributed by atoms with E-state index < -0.39 is 17.7 Å². The fourth-order valence-electron chi connectivity index (χ4n) is 2.11. The molecule has 0 spiro atoms. The van der Waals surface area contributed by atoms with Gasteiger partial charge in [0, 0.05) is 44.1 Å². The van der Waals surface area contributed by atoms with E-state index in [0.717, 1.165) is 0 Å². The fraction of sp³-hybridized carbons (Fsp3) is 0.167. The molecule has 2 heterocycles. The molecule has 0 bridgehead atoms. The molecule has 2 aromatic rings. The average molecular weight is 340 g/mol. The van der Waals surface area contributed by atoms with Crippen LogP contribution in [0.5, 0.6) is 11.6 Å². The molecule has 1 saturated heterocycles. The highest BCUT2D eigenvalue weighted by Gasteiger charge is 2.38. The number of nitrogens with one attached hydrogen (secondary N) is 1. The van der Waals surface area contributed by atoms with Crippen LogP contribution in [0.4, 0.5) is 5.69 Å². The molecule has 25 heavy (non-hydrogen) atoms. The van der Waals surface area contributed by atoms with Crippen LogP contribution in [0.1, 0.15) is 13.8 Å². The van der Waals surface area contributed by atoms with E-state index in [1.54, 1.807) is 42.6 Å². The number of pyridine rings is 1. The van der Waals surface area contributed by atoms with Crippen LogP contribution in [0.3, 0.4) is 0 Å². The lowest BCUT2D eigenvalue weighted by molar-refractivity contribution is -0.222. The van der Waals surface area contributed by atoms with Gasteiger partial charge in [-0.05, 0) is 18.2 Å². The number of carbonyl (C=O) groups excluding carboxylic acids is 2. The number of ether oxygens (including phenoxy) is 3. The van der Waals surface area contributed by atoms with Gasteiger partial charge in [-0.25, -0.2) is 14.6 Å². The van der Waals surface area contributed by atoms with Crippen LogP contribution >= 0.6 is 0 Å². The molecule has 7 nitrogen and oxygen atoms in total. The minimum absolute atomic E-state index is 0.213. The van der Waals surface area contributed by atoms with Crippen molar-refractivity contribution < 1.29 is 23.8 Å². The van der Waals surface area contributed by atoms with Gasteiger partial charge in [0.05, 0.1) is 0 Å². The lowest BCUT2D eigenvalue weighted by atomic mass is 10.2. The molecular formula is C18H16N2O5. The number of anilines is 1. The van der Waals surface area contributed by atoms with Gasteiger partial charge in [-0.3, -0.25) is 0 Å². The lowest BCUT2D eigenvalue weighted by Gasteiger charge is -2.29. The van der Waals surface area contributed by atoms with Gasteiger partial charge in [0.1, 0.15) is 5.75 Å². The van der Waals surface area contributed by atoms with Gasteiger partial charge in [-0.1, -0.05) is 12.1 Å². The Morgan fingerprint density at radius 3 is 2.52 bits per heavy atom. The maximum atomic E-state index is 11.9. The Hall–Kier alpha value is -3.35. The van der Waals surface area contributed by atoms with Crippen LogP contribution in [0, 0.1) is 0 Å². The molecule has 1 aliphatic heterocycles. The van der Waals surface area contributed by atoms with Gasteiger partial charge in [-0.15, -0.1) is 0 Å². The Bertz CT molecular complexity index is 808. The van der Waals surface area contributed by atoms with Crippen molar-refractivity contribution in [3.8, 4) is 11.6 Å². The predicted octanol–water partition coefficient (Wildman–Crippen LogP) is 3.01. The van der Waals surface area contributed by atoms with E-state index in [9.17, 15) is 9.59 Å². The zero-order chi connectivity index (χ0) is 17.9. The fourth-order valence-corrected chi connectivity index (χ4v) is 2.11. The van der Waals surface area contributed by atoms with Crippen molar-refractivity contribution in [2.45, 2.75) is 19.6 Å². The van der Waals surface area contributed by atoms with E-state index in [0.29, 0.717) is 17.3 Å². The number of esters is 2. The largest absolute Gasteiger partial charge is 0.439 e. The van der Waals surface area contributed by atoms with E-state index in [4.69, 9.17) is 14.2 Å². The van der Waals surface area contributed by atoms with Crippen LogP contribution in [0.25, 0.3) is 0 Å². The summed E-state index contributed by atoms with van der Waals surface area (Å²) in [5, 5.41) is 2.86. The second kappa shape index (κ2) is 6.64. The Morgan fingerprint density at radius 1 is 1.08 bits per heavy atom. The summed E-state index contributed by atoms with van der Waals surface area (Å²) < 4.78 is 15.7. The van der Waals surface area contributed by atoms with Gasteiger partial charge in [-0.2, -0.15) is 0 Å². The van der Waals surface area contributed by atoms with Crippen LogP contribution in [-0.2, 0) is 19.1 Å². The Morgan fingerprint density at radius 2 is 1.84 bits per heavy atom. The molecular weight excluding hydrogens is 324 g/mol.